The zero-order valence-corrected chi connectivity index (χ0v) is 62.1. The van der Waals surface area contributed by atoms with E-state index >= 15 is 0 Å². The van der Waals surface area contributed by atoms with Gasteiger partial charge in [0.15, 0.2) is 6.10 Å². The molecular formula is C91H146O5. The van der Waals surface area contributed by atoms with Gasteiger partial charge in [0, 0.05) is 12.8 Å². The van der Waals surface area contributed by atoms with Crippen molar-refractivity contribution in [2.75, 3.05) is 13.2 Å². The molecule has 0 fully saturated rings. The quantitative estimate of drug-likeness (QED) is 0.0373. The Hall–Kier alpha value is -5.52. The van der Waals surface area contributed by atoms with Crippen LogP contribution in [0.25, 0.3) is 0 Å². The normalized spacial score (nSPS) is 13.4. The van der Waals surface area contributed by atoms with Crippen LogP contribution in [0.1, 0.15) is 335 Å². The summed E-state index contributed by atoms with van der Waals surface area (Å²) < 4.78 is 10.8. The van der Waals surface area contributed by atoms with Crippen LogP contribution in [0.15, 0.2) is 207 Å². The third kappa shape index (κ3) is 80.9. The first-order valence-corrected chi connectivity index (χ1v) is 39.6. The predicted octanol–water partition coefficient (Wildman–Crippen LogP) is 28.4. The van der Waals surface area contributed by atoms with Crippen LogP contribution < -0.4 is 0 Å². The predicted molar refractivity (Wildman–Crippen MR) is 426 cm³/mol. The zero-order valence-electron chi connectivity index (χ0n) is 62.1. The van der Waals surface area contributed by atoms with E-state index in [-0.39, 0.29) is 25.2 Å². The standard InChI is InChI=1S/C91H146O5/c1-3-5-7-9-11-13-15-17-19-21-23-25-27-29-31-33-35-37-39-41-43-45-47-49-51-53-55-57-59-61-63-65-67-69-71-73-75-77-79-81-83-85-90(93)95-88-89(87-92)96-91(94)86-84-82-80-78-76-74-72-70-68-66-64-62-60-58-56-54-52-50-48-46-44-42-40-38-36-34-32-30-28-26-24-22-20-18-16-14-12-10-8-6-4-2/h5-8,11-14,17-20,23-26,29-32,36,38,42,44,48,50,54,56,60,62,66,68,72,74,89,92H,3-4,9-10,15-16,21-22,27-28,33-35,37,39-41,43,45-47,49,51-53,55,57-59,61,63-65,67,69-71,73,75-88H2,1-2H3/b7-5-,8-6-,13-11-,14-12-,19-17-,20-18-,25-23-,26-24-,31-29-,32-30-,38-36-,44-42-,50-48-,56-54-,62-60-,68-66-,74-72-. The highest BCUT2D eigenvalue weighted by Gasteiger charge is 2.16. The van der Waals surface area contributed by atoms with E-state index in [9.17, 15) is 14.7 Å². The lowest BCUT2D eigenvalue weighted by Gasteiger charge is -2.15. The van der Waals surface area contributed by atoms with Crippen LogP contribution >= 0.6 is 0 Å². The molecule has 0 rings (SSSR count). The fraction of sp³-hybridized carbons (Fsp3) is 0.604. The lowest BCUT2D eigenvalue weighted by molar-refractivity contribution is -0.161. The molecule has 5 nitrogen and oxygen atoms in total. The largest absolute Gasteiger partial charge is 0.462 e. The molecule has 0 saturated carbocycles. The van der Waals surface area contributed by atoms with E-state index in [1.807, 2.05) is 0 Å². The van der Waals surface area contributed by atoms with Gasteiger partial charge in [-0.25, -0.2) is 0 Å². The Morgan fingerprint density at radius 1 is 0.240 bits per heavy atom. The summed E-state index contributed by atoms with van der Waals surface area (Å²) in [5.41, 5.74) is 0. The van der Waals surface area contributed by atoms with Crippen molar-refractivity contribution in [2.45, 2.75) is 341 Å². The van der Waals surface area contributed by atoms with E-state index in [2.05, 4.69) is 220 Å². The Kier molecular flexibility index (Phi) is 78.9. The molecule has 0 radical (unpaired) electrons. The van der Waals surface area contributed by atoms with Crippen LogP contribution in [-0.4, -0.2) is 36.4 Å². The Morgan fingerprint density at radius 3 is 0.625 bits per heavy atom. The van der Waals surface area contributed by atoms with Crippen LogP contribution in [0, 0.1) is 0 Å². The number of allylic oxidation sites excluding steroid dienone is 34. The first-order chi connectivity index (χ1) is 47.6. The lowest BCUT2D eigenvalue weighted by atomic mass is 10.0. The minimum atomic E-state index is -0.800. The molecule has 0 aromatic carbocycles. The summed E-state index contributed by atoms with van der Waals surface area (Å²) in [6.07, 6.45) is 133. The van der Waals surface area contributed by atoms with Gasteiger partial charge in [0.2, 0.25) is 0 Å². The minimum Gasteiger partial charge on any atom is -0.462 e. The number of aliphatic hydroxyl groups excluding tert-OH is 1. The van der Waals surface area contributed by atoms with Gasteiger partial charge in [-0.15, -0.1) is 0 Å². The van der Waals surface area contributed by atoms with Gasteiger partial charge in [-0.05, 0) is 148 Å². The van der Waals surface area contributed by atoms with Gasteiger partial charge in [0.1, 0.15) is 6.61 Å². The average Bonchev–Trinajstić information content (AvgIpc) is 3.79. The van der Waals surface area contributed by atoms with Gasteiger partial charge in [-0.3, -0.25) is 9.59 Å². The molecule has 0 aromatic rings. The Labute approximate surface area is 593 Å². The van der Waals surface area contributed by atoms with Crippen molar-refractivity contribution in [1.82, 2.24) is 0 Å². The molecule has 0 saturated heterocycles. The van der Waals surface area contributed by atoms with Crippen molar-refractivity contribution in [2.24, 2.45) is 0 Å². The topological polar surface area (TPSA) is 72.8 Å². The van der Waals surface area contributed by atoms with Crippen LogP contribution in [-0.2, 0) is 19.1 Å². The monoisotopic (exact) mass is 1320 g/mol. The van der Waals surface area contributed by atoms with Gasteiger partial charge in [0.05, 0.1) is 6.61 Å². The molecular weight excluding hydrogens is 1170 g/mol. The summed E-state index contributed by atoms with van der Waals surface area (Å²) in [6.45, 7) is 3.90. The fourth-order valence-electron chi connectivity index (χ4n) is 10.7. The molecule has 1 atom stereocenters. The first kappa shape index (κ1) is 90.5. The van der Waals surface area contributed by atoms with Crippen molar-refractivity contribution in [1.29, 1.82) is 0 Å². The van der Waals surface area contributed by atoms with Gasteiger partial charge in [-0.2, -0.15) is 0 Å². The van der Waals surface area contributed by atoms with E-state index in [1.165, 1.54) is 148 Å². The van der Waals surface area contributed by atoms with Crippen LogP contribution in [0.3, 0.4) is 0 Å². The van der Waals surface area contributed by atoms with Gasteiger partial charge in [0.25, 0.3) is 0 Å². The number of esters is 2. The number of hydrogen-bond acceptors (Lipinski definition) is 5. The maximum Gasteiger partial charge on any atom is 0.306 e. The number of rotatable bonds is 71. The maximum absolute atomic E-state index is 12.4. The first-order valence-electron chi connectivity index (χ1n) is 39.6. The number of carbonyl (C=O) groups is 2. The summed E-state index contributed by atoms with van der Waals surface area (Å²) in [4.78, 5) is 24.7. The molecule has 0 amide bonds. The second-order valence-corrected chi connectivity index (χ2v) is 25.7. The summed E-state index contributed by atoms with van der Waals surface area (Å²) in [5, 5.41) is 9.72. The van der Waals surface area contributed by atoms with Crippen molar-refractivity contribution in [3.05, 3.63) is 207 Å². The molecule has 0 aromatic heterocycles. The molecule has 0 spiro atoms. The number of hydrogen-bond donors (Lipinski definition) is 1. The molecule has 0 bridgehead atoms. The summed E-state index contributed by atoms with van der Waals surface area (Å²) in [6, 6.07) is 0. The zero-order chi connectivity index (χ0) is 69.0. The molecule has 0 aliphatic carbocycles. The Morgan fingerprint density at radius 2 is 0.417 bits per heavy atom. The van der Waals surface area contributed by atoms with E-state index in [0.29, 0.717) is 12.8 Å². The van der Waals surface area contributed by atoms with Crippen LogP contribution in [0.2, 0.25) is 0 Å². The van der Waals surface area contributed by atoms with Crippen LogP contribution in [0.5, 0.6) is 0 Å². The maximum atomic E-state index is 12.4. The van der Waals surface area contributed by atoms with Crippen molar-refractivity contribution < 1.29 is 24.2 Å². The van der Waals surface area contributed by atoms with Crippen molar-refractivity contribution in [3.63, 3.8) is 0 Å². The smallest absolute Gasteiger partial charge is 0.306 e. The SMILES string of the molecule is CC/C=C\C/C=C\C/C=C\C/C=C\C/C=C\C/C=C\C/C=C\C/C=C\C/C=C\C/C=C\C/C=C\C/C=C\CCCCCCC(=O)OC(CO)COC(=O)CCCCCCCCCCCCCCCCCCCCCCCCCCC/C=C\C/C=C\C/C=C\C/C=C\C/C=C\CC. The van der Waals surface area contributed by atoms with Crippen molar-refractivity contribution in [3.8, 4) is 0 Å². The van der Waals surface area contributed by atoms with E-state index < -0.39 is 6.10 Å². The highest BCUT2D eigenvalue weighted by Crippen LogP contribution is 2.18. The third-order valence-electron chi connectivity index (χ3n) is 16.6. The molecule has 540 valence electrons. The molecule has 1 unspecified atom stereocenters. The summed E-state index contributed by atoms with van der Waals surface area (Å²) in [7, 11) is 0. The lowest BCUT2D eigenvalue weighted by Crippen LogP contribution is -2.28. The molecule has 96 heavy (non-hydrogen) atoms. The van der Waals surface area contributed by atoms with E-state index in [4.69, 9.17) is 9.47 Å². The molecule has 5 heteroatoms. The van der Waals surface area contributed by atoms with E-state index in [0.717, 1.165) is 161 Å². The Balaban J connectivity index is 3.55. The molecule has 0 aliphatic rings. The number of unbranched alkanes of at least 4 members (excludes halogenated alkanes) is 29. The molecule has 0 aliphatic heterocycles. The Bertz CT molecular complexity index is 2190. The molecule has 0 heterocycles. The number of aliphatic hydroxyl groups is 1. The van der Waals surface area contributed by atoms with E-state index in [1.54, 1.807) is 0 Å². The summed E-state index contributed by atoms with van der Waals surface area (Å²) in [5.74, 6) is -0.621. The van der Waals surface area contributed by atoms with Crippen molar-refractivity contribution >= 4 is 11.9 Å². The highest BCUT2D eigenvalue weighted by molar-refractivity contribution is 5.70. The highest BCUT2D eigenvalue weighted by atomic mass is 16.6. The van der Waals surface area contributed by atoms with Gasteiger partial charge in [-0.1, -0.05) is 381 Å². The van der Waals surface area contributed by atoms with Crippen LogP contribution in [0.4, 0.5) is 0 Å². The number of carbonyl (C=O) groups excluding carboxylic acids is 2. The second-order valence-electron chi connectivity index (χ2n) is 25.7. The number of ether oxygens (including phenoxy) is 2. The van der Waals surface area contributed by atoms with Gasteiger partial charge >= 0.3 is 11.9 Å². The fourth-order valence-corrected chi connectivity index (χ4v) is 10.7. The third-order valence-corrected chi connectivity index (χ3v) is 16.6. The second kappa shape index (κ2) is 83.7. The average molecular weight is 1320 g/mol. The molecule has 1 N–H and O–H groups in total. The minimum absolute atomic E-state index is 0.0846. The van der Waals surface area contributed by atoms with Gasteiger partial charge < -0.3 is 14.6 Å². The summed E-state index contributed by atoms with van der Waals surface area (Å²) >= 11 is 0.